The Hall–Kier alpha value is -2.73. The third-order valence-electron chi connectivity index (χ3n) is 5.84. The molecule has 3 heterocycles. The highest BCUT2D eigenvalue weighted by atomic mass is 16.3. The number of pyridine rings is 1. The molecule has 2 aliphatic heterocycles. The molecular weight excluding hydrogens is 342 g/mol. The first-order valence-corrected chi connectivity index (χ1v) is 9.29. The Kier molecular flexibility index (Phi) is 4.44. The Morgan fingerprint density at radius 2 is 1.81 bits per heavy atom. The number of amides is 2. The van der Waals surface area contributed by atoms with Crippen LogP contribution in [-0.2, 0) is 4.79 Å². The Bertz CT molecular complexity index is 834. The predicted molar refractivity (Wildman–Crippen MR) is 100 cm³/mol. The minimum Gasteiger partial charge on any atom is -0.394 e. The molecule has 2 aromatic rings. The fourth-order valence-electron chi connectivity index (χ4n) is 4.67. The van der Waals surface area contributed by atoms with E-state index in [0.29, 0.717) is 25.1 Å². The van der Waals surface area contributed by atoms with E-state index in [2.05, 4.69) is 4.98 Å². The van der Waals surface area contributed by atoms with E-state index < -0.39 is 5.54 Å². The van der Waals surface area contributed by atoms with Crippen LogP contribution in [0, 0.1) is 0 Å². The van der Waals surface area contributed by atoms with Crippen molar-refractivity contribution in [3.63, 3.8) is 0 Å². The van der Waals surface area contributed by atoms with Crippen LogP contribution in [0.15, 0.2) is 54.9 Å². The highest BCUT2D eigenvalue weighted by molar-refractivity contribution is 5.95. The third kappa shape index (κ3) is 2.63. The second-order valence-corrected chi connectivity index (χ2v) is 7.26. The highest BCUT2D eigenvalue weighted by Crippen LogP contribution is 2.54. The van der Waals surface area contributed by atoms with Crippen molar-refractivity contribution in [1.29, 1.82) is 0 Å². The number of benzene rings is 1. The molecule has 140 valence electrons. The smallest absolute Gasteiger partial charge is 0.254 e. The summed E-state index contributed by atoms with van der Waals surface area (Å²) >= 11 is 0. The van der Waals surface area contributed by atoms with Crippen LogP contribution >= 0.6 is 0 Å². The van der Waals surface area contributed by atoms with Gasteiger partial charge in [0.25, 0.3) is 5.91 Å². The molecule has 1 aromatic heterocycles. The maximum absolute atomic E-state index is 12.7. The first-order valence-electron chi connectivity index (χ1n) is 9.29. The zero-order valence-corrected chi connectivity index (χ0v) is 15.3. The fourth-order valence-corrected chi connectivity index (χ4v) is 4.67. The average Bonchev–Trinajstić information content (AvgIpc) is 2.67. The number of carbonyl (C=O) groups excluding carboxylic acids is 2. The van der Waals surface area contributed by atoms with Gasteiger partial charge in [-0.3, -0.25) is 14.6 Å². The molecule has 6 nitrogen and oxygen atoms in total. The van der Waals surface area contributed by atoms with E-state index in [9.17, 15) is 14.7 Å². The van der Waals surface area contributed by atoms with E-state index in [0.717, 1.165) is 5.56 Å². The largest absolute Gasteiger partial charge is 0.394 e. The van der Waals surface area contributed by atoms with Gasteiger partial charge >= 0.3 is 0 Å². The molecule has 6 heteroatoms. The Labute approximate surface area is 158 Å². The quantitative estimate of drug-likeness (QED) is 0.895. The van der Waals surface area contributed by atoms with Gasteiger partial charge in [0.05, 0.1) is 18.2 Å². The maximum atomic E-state index is 12.7. The summed E-state index contributed by atoms with van der Waals surface area (Å²) in [4.78, 5) is 32.9. The molecule has 2 saturated heterocycles. The Morgan fingerprint density at radius 1 is 1.15 bits per heavy atom. The number of likely N-dealkylation sites (tertiary alicyclic amines) is 2. The second-order valence-electron chi connectivity index (χ2n) is 7.26. The number of rotatable bonds is 4. The van der Waals surface area contributed by atoms with Crippen molar-refractivity contribution < 1.29 is 14.7 Å². The second kappa shape index (κ2) is 6.78. The maximum Gasteiger partial charge on any atom is 0.254 e. The standard InChI is InChI=1S/C21H23N3O3/c1-2-18(26)24-17(12-25)19(15-6-4-3-5-7-15)21(24)13-23(14-21)20(27)16-8-10-22-11-9-16/h3-11,17,19,25H,2,12-14H2,1H3/t17-,19-/m0/s1. The molecule has 4 rings (SSSR count). The number of hydrogen-bond donors (Lipinski definition) is 1. The Balaban J connectivity index is 1.62. The summed E-state index contributed by atoms with van der Waals surface area (Å²) in [6.07, 6.45) is 3.60. The molecule has 0 aliphatic carbocycles. The topological polar surface area (TPSA) is 73.7 Å². The molecule has 0 bridgehead atoms. The van der Waals surface area contributed by atoms with Gasteiger partial charge in [0.2, 0.25) is 5.91 Å². The van der Waals surface area contributed by atoms with Gasteiger partial charge < -0.3 is 14.9 Å². The SMILES string of the molecule is CCC(=O)N1[C@@H](CO)[C@H](c2ccccc2)C12CN(C(=O)c1ccncc1)C2. The van der Waals surface area contributed by atoms with Gasteiger partial charge in [-0.1, -0.05) is 37.3 Å². The van der Waals surface area contributed by atoms with Crippen molar-refractivity contribution >= 4 is 11.8 Å². The summed E-state index contributed by atoms with van der Waals surface area (Å²) in [7, 11) is 0. The number of aromatic nitrogens is 1. The number of hydrogen-bond acceptors (Lipinski definition) is 4. The zero-order valence-electron chi connectivity index (χ0n) is 15.3. The molecule has 0 radical (unpaired) electrons. The summed E-state index contributed by atoms with van der Waals surface area (Å²) in [6, 6.07) is 13.1. The third-order valence-corrected chi connectivity index (χ3v) is 5.84. The van der Waals surface area contributed by atoms with E-state index in [1.165, 1.54) is 0 Å². The van der Waals surface area contributed by atoms with Crippen molar-refractivity contribution in [1.82, 2.24) is 14.8 Å². The number of aliphatic hydroxyl groups is 1. The molecular formula is C21H23N3O3. The van der Waals surface area contributed by atoms with Gasteiger partial charge in [-0.05, 0) is 17.7 Å². The number of nitrogens with zero attached hydrogens (tertiary/aromatic N) is 3. The van der Waals surface area contributed by atoms with Crippen molar-refractivity contribution in [3.05, 3.63) is 66.0 Å². The van der Waals surface area contributed by atoms with Gasteiger partial charge in [-0.25, -0.2) is 0 Å². The van der Waals surface area contributed by atoms with Crippen molar-refractivity contribution in [2.75, 3.05) is 19.7 Å². The minimum atomic E-state index is -0.426. The lowest BCUT2D eigenvalue weighted by molar-refractivity contribution is -0.193. The lowest BCUT2D eigenvalue weighted by atomic mass is 9.60. The van der Waals surface area contributed by atoms with Crippen LogP contribution < -0.4 is 0 Å². The molecule has 0 saturated carbocycles. The molecule has 1 spiro atoms. The molecule has 0 unspecified atom stereocenters. The van der Waals surface area contributed by atoms with Crippen LogP contribution in [0.25, 0.3) is 0 Å². The Morgan fingerprint density at radius 3 is 2.41 bits per heavy atom. The van der Waals surface area contributed by atoms with Gasteiger partial charge in [-0.2, -0.15) is 0 Å². The van der Waals surface area contributed by atoms with Crippen molar-refractivity contribution in [3.8, 4) is 0 Å². The lowest BCUT2D eigenvalue weighted by Crippen LogP contribution is -2.85. The van der Waals surface area contributed by atoms with Crippen LogP contribution in [0.1, 0.15) is 35.2 Å². The van der Waals surface area contributed by atoms with Crippen molar-refractivity contribution in [2.24, 2.45) is 0 Å². The van der Waals surface area contributed by atoms with Gasteiger partial charge in [0.1, 0.15) is 0 Å². The molecule has 1 aromatic carbocycles. The van der Waals surface area contributed by atoms with Crippen LogP contribution in [0.3, 0.4) is 0 Å². The van der Waals surface area contributed by atoms with Gasteiger partial charge in [0, 0.05) is 43.4 Å². The van der Waals surface area contributed by atoms with Gasteiger partial charge in [0.15, 0.2) is 0 Å². The molecule has 2 aliphatic rings. The van der Waals surface area contributed by atoms with Crippen molar-refractivity contribution in [2.45, 2.75) is 30.8 Å². The predicted octanol–water partition coefficient (Wildman–Crippen LogP) is 1.67. The molecule has 2 amide bonds. The zero-order chi connectivity index (χ0) is 19.0. The first-order chi connectivity index (χ1) is 13.1. The van der Waals surface area contributed by atoms with Crippen LogP contribution in [0.4, 0.5) is 0 Å². The molecule has 2 fully saturated rings. The molecule has 2 atom stereocenters. The van der Waals surface area contributed by atoms with E-state index in [-0.39, 0.29) is 30.4 Å². The monoisotopic (exact) mass is 365 g/mol. The lowest BCUT2D eigenvalue weighted by Gasteiger charge is -2.70. The normalized spacial score (nSPS) is 22.9. The van der Waals surface area contributed by atoms with Crippen LogP contribution in [0.2, 0.25) is 0 Å². The van der Waals surface area contributed by atoms with E-state index >= 15 is 0 Å². The number of carbonyl (C=O) groups is 2. The summed E-state index contributed by atoms with van der Waals surface area (Å²) < 4.78 is 0. The van der Waals surface area contributed by atoms with Gasteiger partial charge in [-0.15, -0.1) is 0 Å². The summed E-state index contributed by atoms with van der Waals surface area (Å²) in [6.45, 7) is 2.72. The highest BCUT2D eigenvalue weighted by Gasteiger charge is 2.67. The fraction of sp³-hybridized carbons (Fsp3) is 0.381. The summed E-state index contributed by atoms with van der Waals surface area (Å²) in [5.74, 6) is 0.00381. The summed E-state index contributed by atoms with van der Waals surface area (Å²) in [5, 5.41) is 9.96. The average molecular weight is 365 g/mol. The van der Waals surface area contributed by atoms with E-state index in [1.807, 2.05) is 42.2 Å². The first kappa shape index (κ1) is 17.7. The van der Waals surface area contributed by atoms with Crippen LogP contribution in [0.5, 0.6) is 0 Å². The summed E-state index contributed by atoms with van der Waals surface area (Å²) in [5.41, 5.74) is 1.28. The minimum absolute atomic E-state index is 0.0252. The van der Waals surface area contributed by atoms with E-state index in [1.54, 1.807) is 29.4 Å². The molecule has 27 heavy (non-hydrogen) atoms. The van der Waals surface area contributed by atoms with Crippen LogP contribution in [-0.4, -0.2) is 63.0 Å². The molecule has 1 N–H and O–H groups in total. The van der Waals surface area contributed by atoms with E-state index in [4.69, 9.17) is 0 Å². The number of aliphatic hydroxyl groups excluding tert-OH is 1.